The van der Waals surface area contributed by atoms with Gasteiger partial charge in [-0.2, -0.15) is 0 Å². The molecule has 0 saturated carbocycles. The number of carbonyl (C=O) groups is 2. The van der Waals surface area contributed by atoms with Gasteiger partial charge in [0, 0.05) is 23.9 Å². The summed E-state index contributed by atoms with van der Waals surface area (Å²) in [6.45, 7) is 2.69. The molecular formula is C28H27N7O6S. The van der Waals surface area contributed by atoms with Crippen LogP contribution in [-0.4, -0.2) is 61.8 Å². The highest BCUT2D eigenvalue weighted by atomic mass is 32.1. The summed E-state index contributed by atoms with van der Waals surface area (Å²) in [5, 5.41) is 13.8. The van der Waals surface area contributed by atoms with Gasteiger partial charge in [-0.05, 0) is 49.7 Å². The summed E-state index contributed by atoms with van der Waals surface area (Å²) in [7, 11) is 1.51. The Hall–Kier alpha value is -5.08. The molecule has 2 amide bonds. The number of imidazole rings is 1. The van der Waals surface area contributed by atoms with E-state index in [1.807, 2.05) is 6.92 Å². The standard InChI is InChI=1S/C28H27N7O6S/c1-3-41-17-12-10-16(11-13-17)24-31-23(27(37)29-14-6-9-21-30-18(15-42-21)26(36)34-39)22-25(33-24)35(28(38)32-22)19-7-4-5-8-20(19)40-2/h4-5,7-8,10-13,15,39H,3,6,9,14H2,1-2H3,(H,29,37)(H,32,38)(H,34,36). The molecule has 14 heteroatoms. The number of thiazole rings is 1. The van der Waals surface area contributed by atoms with Crippen molar-refractivity contribution >= 4 is 34.3 Å². The number of hydroxylamine groups is 1. The summed E-state index contributed by atoms with van der Waals surface area (Å²) >= 11 is 1.28. The van der Waals surface area contributed by atoms with Crippen LogP contribution in [0.5, 0.6) is 11.5 Å². The number of para-hydroxylation sites is 2. The maximum atomic E-state index is 13.4. The number of aryl methyl sites for hydroxylation is 1. The molecule has 0 aliphatic heterocycles. The Morgan fingerprint density at radius 2 is 1.86 bits per heavy atom. The van der Waals surface area contributed by atoms with Crippen molar-refractivity contribution in [3.05, 3.63) is 80.8 Å². The minimum atomic E-state index is -0.684. The van der Waals surface area contributed by atoms with Gasteiger partial charge in [0.05, 0.1) is 24.4 Å². The van der Waals surface area contributed by atoms with Crippen molar-refractivity contribution in [2.24, 2.45) is 0 Å². The third-order valence-electron chi connectivity index (χ3n) is 6.24. The largest absolute Gasteiger partial charge is 0.495 e. The fraction of sp³-hybridized carbons (Fsp3) is 0.214. The lowest BCUT2D eigenvalue weighted by molar-refractivity contribution is 0.0701. The SMILES string of the molecule is CCOc1ccc(-c2nc(C(=O)NCCCc3nc(C(=O)NO)cs3)c3[nH]c(=O)n(-c4ccccc4OC)c3n2)cc1. The second-order valence-corrected chi connectivity index (χ2v) is 9.86. The summed E-state index contributed by atoms with van der Waals surface area (Å²) in [5.74, 6) is 0.195. The highest BCUT2D eigenvalue weighted by Crippen LogP contribution is 2.27. The van der Waals surface area contributed by atoms with E-state index in [0.29, 0.717) is 47.2 Å². The minimum absolute atomic E-state index is 0.00536. The molecule has 0 unspecified atom stereocenters. The smallest absolute Gasteiger partial charge is 0.332 e. The Balaban J connectivity index is 1.48. The van der Waals surface area contributed by atoms with Gasteiger partial charge in [-0.3, -0.25) is 14.8 Å². The highest BCUT2D eigenvalue weighted by molar-refractivity contribution is 7.09. The van der Waals surface area contributed by atoms with Crippen molar-refractivity contribution in [1.82, 2.24) is 35.3 Å². The van der Waals surface area contributed by atoms with Crippen molar-refractivity contribution in [2.45, 2.75) is 19.8 Å². The van der Waals surface area contributed by atoms with Gasteiger partial charge in [-0.1, -0.05) is 12.1 Å². The zero-order chi connectivity index (χ0) is 29.6. The fourth-order valence-electron chi connectivity index (χ4n) is 4.30. The van der Waals surface area contributed by atoms with Gasteiger partial charge in [0.25, 0.3) is 11.8 Å². The number of carbonyl (C=O) groups excluding carboxylic acids is 2. The topological polar surface area (TPSA) is 173 Å². The number of nitrogens with zero attached hydrogens (tertiary/aromatic N) is 4. The molecule has 216 valence electrons. The second kappa shape index (κ2) is 12.6. The number of aromatic amines is 1. The molecule has 0 fully saturated rings. The summed E-state index contributed by atoms with van der Waals surface area (Å²) < 4.78 is 12.4. The summed E-state index contributed by atoms with van der Waals surface area (Å²) in [6.07, 6.45) is 1.03. The van der Waals surface area contributed by atoms with Gasteiger partial charge in [-0.25, -0.2) is 29.8 Å². The van der Waals surface area contributed by atoms with Gasteiger partial charge in [0.15, 0.2) is 17.2 Å². The number of nitrogens with one attached hydrogen (secondary N) is 3. The molecule has 3 aromatic heterocycles. The fourth-order valence-corrected chi connectivity index (χ4v) is 5.12. The lowest BCUT2D eigenvalue weighted by atomic mass is 10.2. The molecule has 0 aliphatic carbocycles. The van der Waals surface area contributed by atoms with Crippen molar-refractivity contribution < 1.29 is 24.3 Å². The zero-order valence-electron chi connectivity index (χ0n) is 22.7. The average molecular weight is 590 g/mol. The Morgan fingerprint density at radius 1 is 1.07 bits per heavy atom. The van der Waals surface area contributed by atoms with E-state index in [1.165, 1.54) is 23.0 Å². The van der Waals surface area contributed by atoms with Crippen molar-refractivity contribution in [2.75, 3.05) is 20.3 Å². The van der Waals surface area contributed by atoms with Crippen molar-refractivity contribution in [1.29, 1.82) is 0 Å². The molecule has 0 spiro atoms. The van der Waals surface area contributed by atoms with Crippen LogP contribution in [0.4, 0.5) is 0 Å². The first-order chi connectivity index (χ1) is 20.4. The third-order valence-corrected chi connectivity index (χ3v) is 7.15. The number of fused-ring (bicyclic) bond motifs is 1. The van der Waals surface area contributed by atoms with Crippen LogP contribution < -0.4 is 26.0 Å². The molecule has 0 aliphatic rings. The molecule has 0 atom stereocenters. The van der Waals surface area contributed by atoms with Crippen LogP contribution in [0.1, 0.15) is 39.3 Å². The van der Waals surface area contributed by atoms with E-state index in [4.69, 9.17) is 14.7 Å². The molecule has 0 saturated heterocycles. The first kappa shape index (κ1) is 28.4. The molecule has 0 radical (unpaired) electrons. The predicted octanol–water partition coefficient (Wildman–Crippen LogP) is 3.12. The number of rotatable bonds is 11. The van der Waals surface area contributed by atoms with Crippen LogP contribution in [0.3, 0.4) is 0 Å². The minimum Gasteiger partial charge on any atom is -0.495 e. The van der Waals surface area contributed by atoms with Crippen molar-refractivity contribution in [3.63, 3.8) is 0 Å². The molecule has 5 rings (SSSR count). The molecule has 5 aromatic rings. The van der Waals surface area contributed by atoms with Crippen LogP contribution >= 0.6 is 11.3 Å². The monoisotopic (exact) mass is 589 g/mol. The quantitative estimate of drug-likeness (QED) is 0.103. The zero-order valence-corrected chi connectivity index (χ0v) is 23.5. The molecular weight excluding hydrogens is 562 g/mol. The van der Waals surface area contributed by atoms with E-state index in [1.54, 1.807) is 59.4 Å². The highest BCUT2D eigenvalue weighted by Gasteiger charge is 2.23. The van der Waals surface area contributed by atoms with Crippen molar-refractivity contribution in [3.8, 4) is 28.6 Å². The average Bonchev–Trinajstić information content (AvgIpc) is 3.62. The molecule has 42 heavy (non-hydrogen) atoms. The molecule has 13 nitrogen and oxygen atoms in total. The van der Waals surface area contributed by atoms with Crippen LogP contribution in [0.2, 0.25) is 0 Å². The summed E-state index contributed by atoms with van der Waals surface area (Å²) in [6, 6.07) is 14.1. The lowest BCUT2D eigenvalue weighted by Crippen LogP contribution is -2.26. The number of methoxy groups -OCH3 is 1. The van der Waals surface area contributed by atoms with E-state index in [0.717, 1.165) is 0 Å². The lowest BCUT2D eigenvalue weighted by Gasteiger charge is -2.11. The van der Waals surface area contributed by atoms with E-state index in [-0.39, 0.29) is 34.9 Å². The number of amides is 2. The number of ether oxygens (including phenoxy) is 2. The van der Waals surface area contributed by atoms with Crippen LogP contribution in [-0.2, 0) is 6.42 Å². The summed E-state index contributed by atoms with van der Waals surface area (Å²) in [4.78, 5) is 54.3. The Bertz CT molecular complexity index is 1790. The number of benzene rings is 2. The number of hydrogen-bond acceptors (Lipinski definition) is 10. The number of hydrogen-bond donors (Lipinski definition) is 4. The van der Waals surface area contributed by atoms with E-state index >= 15 is 0 Å². The first-order valence-electron chi connectivity index (χ1n) is 13.0. The van der Waals surface area contributed by atoms with Crippen LogP contribution in [0, 0.1) is 0 Å². The summed E-state index contributed by atoms with van der Waals surface area (Å²) in [5.41, 5.74) is 2.65. The Morgan fingerprint density at radius 3 is 2.60 bits per heavy atom. The molecule has 2 aromatic carbocycles. The van der Waals surface area contributed by atoms with E-state index in [2.05, 4.69) is 25.3 Å². The third kappa shape index (κ3) is 5.84. The maximum Gasteiger partial charge on any atom is 0.332 e. The molecule has 3 heterocycles. The molecule has 4 N–H and O–H groups in total. The van der Waals surface area contributed by atoms with Crippen LogP contribution in [0.25, 0.3) is 28.2 Å². The molecule has 0 bridgehead atoms. The van der Waals surface area contributed by atoms with E-state index in [9.17, 15) is 14.4 Å². The maximum absolute atomic E-state index is 13.4. The predicted molar refractivity (Wildman–Crippen MR) is 155 cm³/mol. The number of H-pyrrole nitrogens is 1. The first-order valence-corrected chi connectivity index (χ1v) is 13.9. The van der Waals surface area contributed by atoms with Gasteiger partial charge < -0.3 is 19.8 Å². The van der Waals surface area contributed by atoms with Gasteiger partial charge >= 0.3 is 5.69 Å². The second-order valence-electron chi connectivity index (χ2n) is 8.92. The van der Waals surface area contributed by atoms with Crippen LogP contribution in [0.15, 0.2) is 58.7 Å². The Kier molecular flexibility index (Phi) is 8.55. The normalized spacial score (nSPS) is 10.9. The number of aromatic nitrogens is 5. The Labute approximate surface area is 243 Å². The van der Waals surface area contributed by atoms with E-state index < -0.39 is 17.5 Å². The van der Waals surface area contributed by atoms with Gasteiger partial charge in [0.2, 0.25) is 0 Å². The van der Waals surface area contributed by atoms with Gasteiger partial charge in [0.1, 0.15) is 22.7 Å². The van der Waals surface area contributed by atoms with Gasteiger partial charge in [-0.15, -0.1) is 11.3 Å².